The Bertz CT molecular complexity index is 1080. The number of rotatable bonds is 6. The number of nitrogens with zero attached hydrogens (tertiary/aromatic N) is 2. The van der Waals surface area contributed by atoms with E-state index in [9.17, 15) is 0 Å². The van der Waals surface area contributed by atoms with E-state index in [4.69, 9.17) is 5.73 Å². The molecule has 1 fully saturated rings. The summed E-state index contributed by atoms with van der Waals surface area (Å²) in [6, 6.07) is 17.4. The number of benzene rings is 2. The predicted octanol–water partition coefficient (Wildman–Crippen LogP) is 5.21. The second-order valence-electron chi connectivity index (χ2n) is 8.94. The lowest BCUT2D eigenvalue weighted by Crippen LogP contribution is -2.18. The van der Waals surface area contributed by atoms with Crippen LogP contribution in [0.25, 0.3) is 33.6 Å². The number of nitrogens with two attached hydrogens (primary N) is 1. The monoisotopic (exact) mass is 426 g/mol. The Kier molecular flexibility index (Phi) is 5.64. The Morgan fingerprint density at radius 3 is 1.94 bits per heavy atom. The third kappa shape index (κ3) is 4.11. The SMILES string of the molecule is CC(C)[C@H](N)c1ncc(-c2ccc(-c3ccc(-c4cnc([C@@H]5CCCN5)[nH]4)cc3)cc2)[nH]1. The van der Waals surface area contributed by atoms with Gasteiger partial charge >= 0.3 is 0 Å². The quantitative estimate of drug-likeness (QED) is 0.340. The molecule has 5 rings (SSSR count). The van der Waals surface area contributed by atoms with Crippen LogP contribution in [0.2, 0.25) is 0 Å². The highest BCUT2D eigenvalue weighted by Crippen LogP contribution is 2.28. The van der Waals surface area contributed by atoms with Crippen LogP contribution in [0.1, 0.15) is 50.4 Å². The molecule has 1 aliphatic rings. The Morgan fingerprint density at radius 2 is 1.38 bits per heavy atom. The fourth-order valence-corrected chi connectivity index (χ4v) is 4.23. The minimum Gasteiger partial charge on any atom is -0.341 e. The molecule has 164 valence electrons. The van der Waals surface area contributed by atoms with Crippen LogP contribution >= 0.6 is 0 Å². The molecular weight excluding hydrogens is 396 g/mol. The lowest BCUT2D eigenvalue weighted by molar-refractivity contribution is 0.494. The number of aromatic nitrogens is 4. The molecule has 2 aromatic heterocycles. The molecule has 0 spiro atoms. The first-order valence-electron chi connectivity index (χ1n) is 11.4. The summed E-state index contributed by atoms with van der Waals surface area (Å²) in [5.41, 5.74) is 12.9. The van der Waals surface area contributed by atoms with E-state index in [1.54, 1.807) is 0 Å². The zero-order chi connectivity index (χ0) is 22.1. The molecule has 0 radical (unpaired) electrons. The molecule has 6 nitrogen and oxygen atoms in total. The Morgan fingerprint density at radius 1 is 0.812 bits per heavy atom. The molecule has 1 saturated heterocycles. The van der Waals surface area contributed by atoms with E-state index in [0.717, 1.165) is 47.1 Å². The van der Waals surface area contributed by atoms with E-state index in [0.29, 0.717) is 12.0 Å². The van der Waals surface area contributed by atoms with Gasteiger partial charge in [0.25, 0.3) is 0 Å². The van der Waals surface area contributed by atoms with Gasteiger partial charge in [-0.25, -0.2) is 9.97 Å². The maximum atomic E-state index is 6.21. The van der Waals surface area contributed by atoms with Gasteiger partial charge in [-0.05, 0) is 47.6 Å². The zero-order valence-corrected chi connectivity index (χ0v) is 18.6. The Balaban J connectivity index is 1.30. The molecule has 2 aromatic carbocycles. The van der Waals surface area contributed by atoms with Crippen molar-refractivity contribution in [2.24, 2.45) is 11.7 Å². The molecule has 4 aromatic rings. The van der Waals surface area contributed by atoms with Crippen LogP contribution < -0.4 is 11.1 Å². The Labute approximate surface area is 188 Å². The second kappa shape index (κ2) is 8.73. The molecule has 0 aliphatic carbocycles. The fourth-order valence-electron chi connectivity index (χ4n) is 4.23. The van der Waals surface area contributed by atoms with Crippen LogP contribution in [0, 0.1) is 5.92 Å². The van der Waals surface area contributed by atoms with E-state index < -0.39 is 0 Å². The minimum absolute atomic E-state index is 0.0816. The lowest BCUT2D eigenvalue weighted by atomic mass is 10.0. The third-order valence-corrected chi connectivity index (χ3v) is 6.34. The van der Waals surface area contributed by atoms with E-state index in [-0.39, 0.29) is 6.04 Å². The van der Waals surface area contributed by atoms with Gasteiger partial charge in [0.2, 0.25) is 0 Å². The van der Waals surface area contributed by atoms with Crippen LogP contribution in [0.5, 0.6) is 0 Å². The summed E-state index contributed by atoms with van der Waals surface area (Å²) in [5.74, 6) is 2.21. The summed E-state index contributed by atoms with van der Waals surface area (Å²) < 4.78 is 0. The predicted molar refractivity (Wildman–Crippen MR) is 129 cm³/mol. The first-order valence-corrected chi connectivity index (χ1v) is 11.4. The van der Waals surface area contributed by atoms with Gasteiger partial charge in [-0.1, -0.05) is 62.4 Å². The first-order chi connectivity index (χ1) is 15.6. The van der Waals surface area contributed by atoms with E-state index in [1.807, 2.05) is 12.4 Å². The van der Waals surface area contributed by atoms with Crippen LogP contribution in [-0.4, -0.2) is 26.5 Å². The molecule has 0 saturated carbocycles. The van der Waals surface area contributed by atoms with E-state index in [2.05, 4.69) is 87.6 Å². The molecule has 2 atom stereocenters. The highest BCUT2D eigenvalue weighted by atomic mass is 15.0. The van der Waals surface area contributed by atoms with Gasteiger partial charge < -0.3 is 21.0 Å². The number of H-pyrrole nitrogens is 2. The molecule has 32 heavy (non-hydrogen) atoms. The molecular formula is C26H30N6. The lowest BCUT2D eigenvalue weighted by Gasteiger charge is -2.12. The van der Waals surface area contributed by atoms with Gasteiger partial charge in [0.05, 0.1) is 35.9 Å². The van der Waals surface area contributed by atoms with Crippen LogP contribution in [0.3, 0.4) is 0 Å². The van der Waals surface area contributed by atoms with Gasteiger partial charge in [-0.15, -0.1) is 0 Å². The highest BCUT2D eigenvalue weighted by molar-refractivity contribution is 5.71. The summed E-state index contributed by atoms with van der Waals surface area (Å²) >= 11 is 0. The van der Waals surface area contributed by atoms with Gasteiger partial charge in [-0.2, -0.15) is 0 Å². The van der Waals surface area contributed by atoms with Crippen molar-refractivity contribution in [1.82, 2.24) is 25.3 Å². The summed E-state index contributed by atoms with van der Waals surface area (Å²) in [5, 5.41) is 3.49. The molecule has 0 bridgehead atoms. The van der Waals surface area contributed by atoms with Crippen molar-refractivity contribution >= 4 is 0 Å². The summed E-state index contributed by atoms with van der Waals surface area (Å²) in [7, 11) is 0. The topological polar surface area (TPSA) is 95.4 Å². The van der Waals surface area contributed by atoms with Crippen molar-refractivity contribution in [3.63, 3.8) is 0 Å². The van der Waals surface area contributed by atoms with E-state index in [1.165, 1.54) is 17.5 Å². The highest BCUT2D eigenvalue weighted by Gasteiger charge is 2.19. The Hall–Kier alpha value is -3.22. The molecule has 1 aliphatic heterocycles. The molecule has 0 unspecified atom stereocenters. The summed E-state index contributed by atoms with van der Waals surface area (Å²) in [6.45, 7) is 5.28. The smallest absolute Gasteiger partial charge is 0.123 e. The minimum atomic E-state index is -0.0816. The number of imidazole rings is 2. The maximum absolute atomic E-state index is 6.21. The van der Waals surface area contributed by atoms with Crippen molar-refractivity contribution in [2.45, 2.75) is 38.8 Å². The molecule has 0 amide bonds. The van der Waals surface area contributed by atoms with Gasteiger partial charge in [0.15, 0.2) is 0 Å². The molecule has 6 heteroatoms. The normalized spacial score (nSPS) is 17.2. The van der Waals surface area contributed by atoms with Gasteiger partial charge in [0.1, 0.15) is 11.6 Å². The number of hydrogen-bond donors (Lipinski definition) is 4. The van der Waals surface area contributed by atoms with Crippen molar-refractivity contribution < 1.29 is 0 Å². The molecule has 3 heterocycles. The maximum Gasteiger partial charge on any atom is 0.123 e. The van der Waals surface area contributed by atoms with Crippen molar-refractivity contribution in [3.8, 4) is 33.6 Å². The van der Waals surface area contributed by atoms with Crippen LogP contribution in [-0.2, 0) is 0 Å². The van der Waals surface area contributed by atoms with Gasteiger partial charge in [-0.3, -0.25) is 0 Å². The average Bonchev–Trinajstić information content (AvgIpc) is 3.60. The van der Waals surface area contributed by atoms with Gasteiger partial charge in [0, 0.05) is 0 Å². The number of aromatic amines is 2. The standard InChI is InChI=1S/C26H30N6/c1-16(2)24(27)26-30-15-23(32-26)20-11-7-18(8-12-20)17-5-9-19(10-6-17)22-14-29-25(31-22)21-4-3-13-28-21/h5-12,14-16,21,24,28H,3-4,13,27H2,1-2H3,(H,29,31)(H,30,32)/t21-,24-/m0/s1. The number of nitrogens with one attached hydrogen (secondary N) is 3. The largest absolute Gasteiger partial charge is 0.341 e. The fraction of sp³-hybridized carbons (Fsp3) is 0.308. The van der Waals surface area contributed by atoms with Crippen LogP contribution in [0.15, 0.2) is 60.9 Å². The first kappa shape index (κ1) is 20.7. The number of hydrogen-bond acceptors (Lipinski definition) is 4. The summed E-state index contributed by atoms with van der Waals surface area (Å²) in [4.78, 5) is 15.9. The van der Waals surface area contributed by atoms with Crippen molar-refractivity contribution in [3.05, 3.63) is 72.6 Å². The molecule has 5 N–H and O–H groups in total. The second-order valence-corrected chi connectivity index (χ2v) is 8.94. The average molecular weight is 427 g/mol. The van der Waals surface area contributed by atoms with Crippen LogP contribution in [0.4, 0.5) is 0 Å². The van der Waals surface area contributed by atoms with Crippen molar-refractivity contribution in [1.29, 1.82) is 0 Å². The van der Waals surface area contributed by atoms with Crippen molar-refractivity contribution in [2.75, 3.05) is 6.54 Å². The third-order valence-electron chi connectivity index (χ3n) is 6.34. The zero-order valence-electron chi connectivity index (χ0n) is 18.6. The van der Waals surface area contributed by atoms with E-state index >= 15 is 0 Å². The summed E-state index contributed by atoms with van der Waals surface area (Å²) in [6.07, 6.45) is 6.15.